The Kier molecular flexibility index (Phi) is 3.93. The summed E-state index contributed by atoms with van der Waals surface area (Å²) in [6.07, 6.45) is 2.12. The first-order chi connectivity index (χ1) is 10.2. The highest BCUT2D eigenvalue weighted by Crippen LogP contribution is 2.30. The number of fused-ring (bicyclic) bond motifs is 1. The standard InChI is InChI=1S/C18H20FNO/c1-12-10-14(5-7-16(12)19)18(20-2)15-6-8-17-13(11-15)4-3-9-21-17/h5-8,10-11,18,20H,3-4,9H2,1-2H3. The van der Waals surface area contributed by atoms with E-state index in [0.717, 1.165) is 30.8 Å². The fourth-order valence-corrected chi connectivity index (χ4v) is 2.93. The third kappa shape index (κ3) is 2.79. The van der Waals surface area contributed by atoms with Gasteiger partial charge in [-0.05, 0) is 61.2 Å². The zero-order valence-corrected chi connectivity index (χ0v) is 12.4. The van der Waals surface area contributed by atoms with E-state index in [1.54, 1.807) is 6.92 Å². The molecule has 2 aromatic carbocycles. The number of rotatable bonds is 3. The van der Waals surface area contributed by atoms with Crippen molar-refractivity contribution in [1.82, 2.24) is 5.32 Å². The molecule has 21 heavy (non-hydrogen) atoms. The van der Waals surface area contributed by atoms with Crippen LogP contribution in [-0.4, -0.2) is 13.7 Å². The minimum absolute atomic E-state index is 0.0662. The molecule has 1 heterocycles. The van der Waals surface area contributed by atoms with Gasteiger partial charge in [0.2, 0.25) is 0 Å². The average molecular weight is 285 g/mol. The van der Waals surface area contributed by atoms with Crippen LogP contribution in [0.2, 0.25) is 0 Å². The minimum atomic E-state index is -0.160. The first kappa shape index (κ1) is 14.1. The summed E-state index contributed by atoms with van der Waals surface area (Å²) in [7, 11) is 1.93. The van der Waals surface area contributed by atoms with Crippen LogP contribution in [0.1, 0.15) is 34.7 Å². The van der Waals surface area contributed by atoms with Gasteiger partial charge in [0.1, 0.15) is 11.6 Å². The lowest BCUT2D eigenvalue weighted by Crippen LogP contribution is -2.19. The molecule has 2 nitrogen and oxygen atoms in total. The fourth-order valence-electron chi connectivity index (χ4n) is 2.93. The Bertz CT molecular complexity index is 654. The van der Waals surface area contributed by atoms with Gasteiger partial charge < -0.3 is 10.1 Å². The smallest absolute Gasteiger partial charge is 0.126 e. The number of hydrogen-bond acceptors (Lipinski definition) is 2. The van der Waals surface area contributed by atoms with Crippen molar-refractivity contribution in [2.75, 3.05) is 13.7 Å². The second-order valence-corrected chi connectivity index (χ2v) is 5.55. The summed E-state index contributed by atoms with van der Waals surface area (Å²) in [6.45, 7) is 2.60. The molecule has 110 valence electrons. The van der Waals surface area contributed by atoms with E-state index in [-0.39, 0.29) is 11.9 Å². The van der Waals surface area contributed by atoms with Crippen molar-refractivity contribution in [3.8, 4) is 5.75 Å². The molecule has 1 atom stereocenters. The maximum atomic E-state index is 13.5. The number of hydrogen-bond donors (Lipinski definition) is 1. The van der Waals surface area contributed by atoms with Crippen LogP contribution in [0.4, 0.5) is 4.39 Å². The summed E-state index contributed by atoms with van der Waals surface area (Å²) in [4.78, 5) is 0. The minimum Gasteiger partial charge on any atom is -0.493 e. The molecule has 2 aromatic rings. The third-order valence-corrected chi connectivity index (χ3v) is 4.07. The second-order valence-electron chi connectivity index (χ2n) is 5.55. The first-order valence-corrected chi connectivity index (χ1v) is 7.38. The molecule has 1 N–H and O–H groups in total. The quantitative estimate of drug-likeness (QED) is 0.927. The van der Waals surface area contributed by atoms with Gasteiger partial charge in [0.25, 0.3) is 0 Å². The Morgan fingerprint density at radius 3 is 2.67 bits per heavy atom. The number of ether oxygens (including phenoxy) is 1. The monoisotopic (exact) mass is 285 g/mol. The molecule has 0 saturated carbocycles. The molecule has 0 bridgehead atoms. The second kappa shape index (κ2) is 5.86. The van der Waals surface area contributed by atoms with Crippen molar-refractivity contribution in [3.63, 3.8) is 0 Å². The molecule has 1 unspecified atom stereocenters. The van der Waals surface area contributed by atoms with Crippen LogP contribution in [0.25, 0.3) is 0 Å². The lowest BCUT2D eigenvalue weighted by atomic mass is 9.94. The largest absolute Gasteiger partial charge is 0.493 e. The summed E-state index contributed by atoms with van der Waals surface area (Å²) in [5.41, 5.74) is 4.20. The average Bonchev–Trinajstić information content (AvgIpc) is 2.51. The van der Waals surface area contributed by atoms with E-state index in [1.165, 1.54) is 17.2 Å². The molecule has 0 radical (unpaired) electrons. The summed E-state index contributed by atoms with van der Waals surface area (Å²) in [6, 6.07) is 11.7. The molecule has 0 amide bonds. The van der Waals surface area contributed by atoms with Gasteiger partial charge >= 0.3 is 0 Å². The summed E-state index contributed by atoms with van der Waals surface area (Å²) in [5, 5.41) is 3.32. The summed E-state index contributed by atoms with van der Waals surface area (Å²) in [5.74, 6) is 0.836. The highest BCUT2D eigenvalue weighted by Gasteiger charge is 2.17. The number of nitrogens with one attached hydrogen (secondary N) is 1. The molecule has 1 aliphatic rings. The zero-order chi connectivity index (χ0) is 14.8. The lowest BCUT2D eigenvalue weighted by molar-refractivity contribution is 0.288. The maximum absolute atomic E-state index is 13.5. The molecule has 0 fully saturated rings. The predicted molar refractivity (Wildman–Crippen MR) is 82.3 cm³/mol. The van der Waals surface area contributed by atoms with Gasteiger partial charge in [-0.25, -0.2) is 4.39 Å². The molecule has 1 aliphatic heterocycles. The molecule has 0 spiro atoms. The fraction of sp³-hybridized carbons (Fsp3) is 0.333. The number of halogens is 1. The normalized spacial score (nSPS) is 15.2. The van der Waals surface area contributed by atoms with Crippen LogP contribution in [0.15, 0.2) is 36.4 Å². The molecule has 0 aliphatic carbocycles. The van der Waals surface area contributed by atoms with Crippen molar-refractivity contribution >= 4 is 0 Å². The topological polar surface area (TPSA) is 21.3 Å². The molecule has 3 rings (SSSR count). The van der Waals surface area contributed by atoms with Crippen molar-refractivity contribution in [2.24, 2.45) is 0 Å². The van der Waals surface area contributed by atoms with Crippen molar-refractivity contribution < 1.29 is 9.13 Å². The van der Waals surface area contributed by atoms with E-state index in [9.17, 15) is 4.39 Å². The lowest BCUT2D eigenvalue weighted by Gasteiger charge is -2.22. The first-order valence-electron chi connectivity index (χ1n) is 7.38. The van der Waals surface area contributed by atoms with Crippen molar-refractivity contribution in [2.45, 2.75) is 25.8 Å². The Hall–Kier alpha value is -1.87. The molecule has 3 heteroatoms. The Morgan fingerprint density at radius 2 is 1.90 bits per heavy atom. The highest BCUT2D eigenvalue weighted by atomic mass is 19.1. The van der Waals surface area contributed by atoms with E-state index >= 15 is 0 Å². The Balaban J connectivity index is 1.97. The number of aryl methyl sites for hydroxylation is 2. The van der Waals surface area contributed by atoms with Crippen LogP contribution in [0, 0.1) is 12.7 Å². The third-order valence-electron chi connectivity index (χ3n) is 4.07. The maximum Gasteiger partial charge on any atom is 0.126 e. The summed E-state index contributed by atoms with van der Waals surface area (Å²) < 4.78 is 19.1. The van der Waals surface area contributed by atoms with Crippen LogP contribution in [0.3, 0.4) is 0 Å². The Labute approximate surface area is 125 Å². The SMILES string of the molecule is CNC(c1ccc(F)c(C)c1)c1ccc2c(c1)CCCO2. The van der Waals surface area contributed by atoms with E-state index in [1.807, 2.05) is 25.2 Å². The van der Waals surface area contributed by atoms with E-state index in [0.29, 0.717) is 5.56 Å². The Morgan fingerprint density at radius 1 is 1.14 bits per heavy atom. The molecular formula is C18H20FNO. The van der Waals surface area contributed by atoms with Crippen LogP contribution in [-0.2, 0) is 6.42 Å². The summed E-state index contributed by atoms with van der Waals surface area (Å²) >= 11 is 0. The molecule has 0 saturated heterocycles. The van der Waals surface area contributed by atoms with E-state index in [4.69, 9.17) is 4.74 Å². The van der Waals surface area contributed by atoms with E-state index < -0.39 is 0 Å². The van der Waals surface area contributed by atoms with Gasteiger partial charge in [0.15, 0.2) is 0 Å². The van der Waals surface area contributed by atoms with Gasteiger partial charge in [-0.2, -0.15) is 0 Å². The van der Waals surface area contributed by atoms with Crippen LogP contribution >= 0.6 is 0 Å². The highest BCUT2D eigenvalue weighted by molar-refractivity contribution is 5.43. The van der Waals surface area contributed by atoms with Gasteiger partial charge in [-0.1, -0.05) is 24.3 Å². The van der Waals surface area contributed by atoms with Gasteiger partial charge in [-0.15, -0.1) is 0 Å². The predicted octanol–water partition coefficient (Wildman–Crippen LogP) is 3.77. The van der Waals surface area contributed by atoms with Gasteiger partial charge in [-0.3, -0.25) is 0 Å². The van der Waals surface area contributed by atoms with Gasteiger partial charge in [0.05, 0.1) is 12.6 Å². The van der Waals surface area contributed by atoms with Crippen molar-refractivity contribution in [3.05, 3.63) is 64.5 Å². The van der Waals surface area contributed by atoms with Gasteiger partial charge in [0, 0.05) is 0 Å². The zero-order valence-electron chi connectivity index (χ0n) is 12.4. The van der Waals surface area contributed by atoms with Crippen LogP contribution in [0.5, 0.6) is 5.75 Å². The van der Waals surface area contributed by atoms with E-state index in [2.05, 4.69) is 17.4 Å². The van der Waals surface area contributed by atoms with Crippen LogP contribution < -0.4 is 10.1 Å². The molecular weight excluding hydrogens is 265 g/mol. The molecule has 0 aromatic heterocycles. The number of benzene rings is 2. The van der Waals surface area contributed by atoms with Crippen molar-refractivity contribution in [1.29, 1.82) is 0 Å².